The number of hydrogen-bond donors (Lipinski definition) is 4. The van der Waals surface area contributed by atoms with Gasteiger partial charge in [-0.1, -0.05) is 65.5 Å². The summed E-state index contributed by atoms with van der Waals surface area (Å²) in [4.78, 5) is 29.8. The third kappa shape index (κ3) is 12.0. The number of hydrogen-bond acceptors (Lipinski definition) is 2. The lowest BCUT2D eigenvalue weighted by Gasteiger charge is -2.39. The van der Waals surface area contributed by atoms with E-state index in [1.54, 1.807) is 60.9 Å². The van der Waals surface area contributed by atoms with Crippen molar-refractivity contribution in [2.45, 2.75) is 79.1 Å². The fourth-order valence-corrected chi connectivity index (χ4v) is 4.67. The standard InChI is InChI=1S/C16H14N4O2.C16H36N.ClH/c21-15(13-7-3-9-17-13)19-11-5-1-2-6-12(11)20-16(22)14-8-4-10-18-14;1-5-9-13-17(14-10-6-2,15-11-7-3)16-12-8-4;/h1-10,17-18H,(H,19,21)(H,20,22);5-16H2,1-4H3;1H/q;+1;/p-1. The Morgan fingerprint density at radius 2 is 0.950 bits per heavy atom. The van der Waals surface area contributed by atoms with Crippen LogP contribution in [0.4, 0.5) is 11.4 Å². The first-order chi connectivity index (χ1) is 19.0. The van der Waals surface area contributed by atoms with Gasteiger partial charge >= 0.3 is 0 Å². The first-order valence-corrected chi connectivity index (χ1v) is 14.8. The zero-order valence-electron chi connectivity index (χ0n) is 24.9. The molecule has 3 rings (SSSR count). The molecule has 0 saturated heterocycles. The summed E-state index contributed by atoms with van der Waals surface area (Å²) >= 11 is 0. The lowest BCUT2D eigenvalue weighted by molar-refractivity contribution is -0.929. The van der Waals surface area contributed by atoms with Gasteiger partial charge in [0.15, 0.2) is 0 Å². The van der Waals surface area contributed by atoms with Gasteiger partial charge in [0.05, 0.1) is 37.6 Å². The minimum Gasteiger partial charge on any atom is -1.00 e. The summed E-state index contributed by atoms with van der Waals surface area (Å²) in [5.74, 6) is -0.543. The number of halogens is 1. The highest BCUT2D eigenvalue weighted by Crippen LogP contribution is 2.22. The minimum atomic E-state index is -0.272. The maximum Gasteiger partial charge on any atom is 0.272 e. The Morgan fingerprint density at radius 3 is 1.23 bits per heavy atom. The van der Waals surface area contributed by atoms with Crippen molar-refractivity contribution in [1.29, 1.82) is 0 Å². The monoisotopic (exact) mass is 571 g/mol. The number of aromatic amines is 2. The summed E-state index contributed by atoms with van der Waals surface area (Å²) in [5, 5.41) is 5.54. The van der Waals surface area contributed by atoms with Gasteiger partial charge in [0.2, 0.25) is 0 Å². The third-order valence-corrected chi connectivity index (χ3v) is 7.05. The van der Waals surface area contributed by atoms with Crippen LogP contribution in [-0.4, -0.2) is 52.4 Å². The molecule has 0 saturated carbocycles. The summed E-state index contributed by atoms with van der Waals surface area (Å²) in [6.45, 7) is 15.0. The lowest BCUT2D eigenvalue weighted by atomic mass is 10.1. The highest BCUT2D eigenvalue weighted by molar-refractivity contribution is 6.08. The number of H-pyrrole nitrogens is 2. The third-order valence-electron chi connectivity index (χ3n) is 7.05. The van der Waals surface area contributed by atoms with Gasteiger partial charge in [-0.15, -0.1) is 0 Å². The number of nitrogens with one attached hydrogen (secondary N) is 4. The van der Waals surface area contributed by atoms with Crippen molar-refractivity contribution >= 4 is 23.2 Å². The molecule has 1 aromatic carbocycles. The van der Waals surface area contributed by atoms with E-state index in [-0.39, 0.29) is 24.2 Å². The van der Waals surface area contributed by atoms with E-state index in [1.807, 2.05) is 0 Å². The first-order valence-electron chi connectivity index (χ1n) is 14.8. The van der Waals surface area contributed by atoms with Gasteiger partial charge in [0, 0.05) is 12.4 Å². The van der Waals surface area contributed by atoms with Crippen LogP contribution in [0.3, 0.4) is 0 Å². The maximum atomic E-state index is 12.1. The molecule has 0 fully saturated rings. The molecular formula is C32H50ClN5O2. The molecule has 0 unspecified atom stereocenters. The molecular weight excluding hydrogens is 522 g/mol. The molecule has 0 aliphatic rings. The van der Waals surface area contributed by atoms with Crippen LogP contribution in [-0.2, 0) is 0 Å². The number of benzene rings is 1. The topological polar surface area (TPSA) is 89.8 Å². The Labute approximate surface area is 247 Å². The molecule has 2 heterocycles. The lowest BCUT2D eigenvalue weighted by Crippen LogP contribution is -3.00. The van der Waals surface area contributed by atoms with Crippen LogP contribution in [0.2, 0.25) is 0 Å². The van der Waals surface area contributed by atoms with Gasteiger partial charge in [-0.3, -0.25) is 9.59 Å². The molecule has 222 valence electrons. The van der Waals surface area contributed by atoms with Crippen molar-refractivity contribution in [3.05, 3.63) is 72.3 Å². The Morgan fingerprint density at radius 1 is 0.600 bits per heavy atom. The van der Waals surface area contributed by atoms with Crippen LogP contribution in [0.5, 0.6) is 0 Å². The van der Waals surface area contributed by atoms with E-state index in [0.717, 1.165) is 0 Å². The van der Waals surface area contributed by atoms with E-state index in [0.29, 0.717) is 22.8 Å². The maximum absolute atomic E-state index is 12.1. The average molecular weight is 572 g/mol. The number of quaternary nitrogens is 1. The van der Waals surface area contributed by atoms with E-state index in [2.05, 4.69) is 48.3 Å². The summed E-state index contributed by atoms with van der Waals surface area (Å²) in [7, 11) is 0. The van der Waals surface area contributed by atoms with Crippen molar-refractivity contribution in [3.8, 4) is 0 Å². The molecule has 2 amide bonds. The van der Waals surface area contributed by atoms with Gasteiger partial charge in [-0.25, -0.2) is 0 Å². The van der Waals surface area contributed by atoms with Crippen LogP contribution >= 0.6 is 0 Å². The molecule has 3 aromatic rings. The van der Waals surface area contributed by atoms with Crippen molar-refractivity contribution in [1.82, 2.24) is 9.97 Å². The molecule has 40 heavy (non-hydrogen) atoms. The average Bonchev–Trinajstić information content (AvgIpc) is 3.69. The SMILES string of the molecule is CCCC[N+](CCCC)(CCCC)CCCC.O=C(Nc1ccccc1NC(=O)c1ccc[nH]1)c1ccc[nH]1.[Cl-]. The number of nitrogens with zero attached hydrogens (tertiary/aromatic N) is 1. The smallest absolute Gasteiger partial charge is 0.272 e. The predicted molar refractivity (Wildman–Crippen MR) is 163 cm³/mol. The molecule has 0 aliphatic carbocycles. The molecule has 0 aliphatic heterocycles. The van der Waals surface area contributed by atoms with Crippen LogP contribution in [0, 0.1) is 0 Å². The molecule has 0 radical (unpaired) electrons. The number of carbonyl (C=O) groups excluding carboxylic acids is 2. The fourth-order valence-electron chi connectivity index (χ4n) is 4.67. The van der Waals surface area contributed by atoms with Gasteiger partial charge < -0.3 is 37.5 Å². The Kier molecular flexibility index (Phi) is 17.4. The summed E-state index contributed by atoms with van der Waals surface area (Å²) < 4.78 is 1.42. The number of carbonyl (C=O) groups is 2. The number of unbranched alkanes of at least 4 members (excludes halogenated alkanes) is 4. The van der Waals surface area contributed by atoms with Crippen LogP contribution < -0.4 is 23.0 Å². The molecule has 2 aromatic heterocycles. The van der Waals surface area contributed by atoms with E-state index in [9.17, 15) is 9.59 Å². The van der Waals surface area contributed by atoms with Gasteiger partial charge in [0.1, 0.15) is 11.4 Å². The normalized spacial score (nSPS) is 10.7. The Hall–Kier alpha value is -3.03. The van der Waals surface area contributed by atoms with E-state index in [4.69, 9.17) is 0 Å². The zero-order valence-corrected chi connectivity index (χ0v) is 25.7. The van der Waals surface area contributed by atoms with Crippen LogP contribution in [0.1, 0.15) is 100 Å². The largest absolute Gasteiger partial charge is 1.00 e. The van der Waals surface area contributed by atoms with E-state index in [1.165, 1.54) is 82.0 Å². The first kappa shape index (κ1) is 35.0. The number of para-hydroxylation sites is 2. The van der Waals surface area contributed by atoms with E-state index >= 15 is 0 Å². The second kappa shape index (κ2) is 19.9. The number of rotatable bonds is 16. The quantitative estimate of drug-likeness (QED) is 0.185. The van der Waals surface area contributed by atoms with Gasteiger partial charge in [-0.2, -0.15) is 0 Å². The van der Waals surface area contributed by atoms with E-state index < -0.39 is 0 Å². The molecule has 0 atom stereocenters. The second-order valence-electron chi connectivity index (χ2n) is 10.3. The molecule has 0 spiro atoms. The van der Waals surface area contributed by atoms with Crippen LogP contribution in [0.15, 0.2) is 60.9 Å². The minimum absolute atomic E-state index is 0. The summed E-state index contributed by atoms with van der Waals surface area (Å²) in [5.41, 5.74) is 1.96. The number of amides is 2. The second-order valence-corrected chi connectivity index (χ2v) is 10.3. The molecule has 8 heteroatoms. The Bertz CT molecular complexity index is 962. The predicted octanol–water partition coefficient (Wildman–Crippen LogP) is 4.86. The number of anilines is 2. The Balaban J connectivity index is 0.000000406. The van der Waals surface area contributed by atoms with Crippen molar-refractivity contribution < 1.29 is 26.5 Å². The van der Waals surface area contributed by atoms with Crippen molar-refractivity contribution in [2.24, 2.45) is 0 Å². The van der Waals surface area contributed by atoms with Crippen molar-refractivity contribution in [3.63, 3.8) is 0 Å². The fraction of sp³-hybridized carbons (Fsp3) is 0.500. The zero-order chi connectivity index (χ0) is 28.3. The van der Waals surface area contributed by atoms with Crippen LogP contribution in [0.25, 0.3) is 0 Å². The molecule has 7 nitrogen and oxygen atoms in total. The summed E-state index contributed by atoms with van der Waals surface area (Å²) in [6.07, 6.45) is 14.4. The van der Waals surface area contributed by atoms with Crippen molar-refractivity contribution in [2.75, 3.05) is 36.8 Å². The highest BCUT2D eigenvalue weighted by atomic mass is 35.5. The highest BCUT2D eigenvalue weighted by Gasteiger charge is 2.24. The molecule has 0 bridgehead atoms. The van der Waals surface area contributed by atoms with Gasteiger partial charge in [-0.05, 0) is 62.1 Å². The van der Waals surface area contributed by atoms with Gasteiger partial charge in [0.25, 0.3) is 11.8 Å². The molecule has 4 N–H and O–H groups in total. The number of aromatic nitrogens is 2. The summed E-state index contributed by atoms with van der Waals surface area (Å²) in [6, 6.07) is 13.9.